The van der Waals surface area contributed by atoms with Crippen LogP contribution in [0.3, 0.4) is 0 Å². The first kappa shape index (κ1) is 24.1. The van der Waals surface area contributed by atoms with Crippen LogP contribution >= 0.6 is 0 Å². The van der Waals surface area contributed by atoms with E-state index in [1.807, 2.05) is 6.92 Å². The Morgan fingerprint density at radius 3 is 2.50 bits per heavy atom. The van der Waals surface area contributed by atoms with Gasteiger partial charge in [0.1, 0.15) is 0 Å². The lowest BCUT2D eigenvalue weighted by molar-refractivity contribution is -0.216. The number of ether oxygens (including phenoxy) is 2. The lowest BCUT2D eigenvalue weighted by Gasteiger charge is -2.57. The molecule has 1 aromatic carbocycles. The van der Waals surface area contributed by atoms with E-state index in [4.69, 9.17) is 9.47 Å². The van der Waals surface area contributed by atoms with E-state index in [-0.39, 0.29) is 27.6 Å². The number of nitrogens with one attached hydrogen (secondary N) is 1. The summed E-state index contributed by atoms with van der Waals surface area (Å²) in [7, 11) is -3.78. The monoisotopic (exact) mass is 508 g/mol. The van der Waals surface area contributed by atoms with E-state index in [2.05, 4.69) is 61.1 Å². The van der Waals surface area contributed by atoms with Crippen LogP contribution in [0.15, 0.2) is 70.2 Å². The Bertz CT molecular complexity index is 1290. The maximum absolute atomic E-state index is 13.1. The third kappa shape index (κ3) is 3.42. The summed E-state index contributed by atoms with van der Waals surface area (Å²) in [4.78, 5) is 2.80. The lowest BCUT2D eigenvalue weighted by Crippen LogP contribution is -2.57. The minimum Gasteiger partial charge on any atom is -0.343 e. The molecule has 0 bridgehead atoms. The highest BCUT2D eigenvalue weighted by Crippen LogP contribution is 2.65. The Morgan fingerprint density at radius 1 is 1.06 bits per heavy atom. The molecule has 0 aromatic heterocycles. The van der Waals surface area contributed by atoms with Gasteiger partial charge in [-0.15, -0.1) is 0 Å². The van der Waals surface area contributed by atoms with Crippen molar-refractivity contribution in [1.82, 2.24) is 4.83 Å². The summed E-state index contributed by atoms with van der Waals surface area (Å²) >= 11 is 0. The number of allylic oxidation sites excluding steroid dienone is 5. The number of fused-ring (bicyclic) bond motifs is 6. The highest BCUT2D eigenvalue weighted by Gasteiger charge is 2.65. The van der Waals surface area contributed by atoms with Crippen molar-refractivity contribution >= 4 is 15.7 Å². The number of benzene rings is 1. The molecule has 192 valence electrons. The molecule has 6 atom stereocenters. The molecule has 1 N–H and O–H groups in total. The first-order valence-corrected chi connectivity index (χ1v) is 14.6. The summed E-state index contributed by atoms with van der Waals surface area (Å²) in [5, 5.41) is 4.65. The number of nitrogens with zero attached hydrogens (tertiary/aromatic N) is 1. The van der Waals surface area contributed by atoms with Gasteiger partial charge in [0.05, 0.1) is 23.8 Å². The van der Waals surface area contributed by atoms with Gasteiger partial charge in [-0.05, 0) is 68.2 Å². The van der Waals surface area contributed by atoms with Gasteiger partial charge in [0.25, 0.3) is 10.0 Å². The van der Waals surface area contributed by atoms with Crippen LogP contribution in [-0.4, -0.2) is 33.1 Å². The second kappa shape index (κ2) is 8.14. The number of hydrogen-bond donors (Lipinski definition) is 1. The van der Waals surface area contributed by atoms with E-state index in [1.54, 1.807) is 24.3 Å². The van der Waals surface area contributed by atoms with Gasteiger partial charge in [0.15, 0.2) is 5.79 Å². The molecular formula is C29H36N2O4S. The van der Waals surface area contributed by atoms with E-state index in [9.17, 15) is 8.42 Å². The fraction of sp³-hybridized carbons (Fsp3) is 0.552. The summed E-state index contributed by atoms with van der Waals surface area (Å²) in [5.41, 5.74) is 2.89. The van der Waals surface area contributed by atoms with Gasteiger partial charge in [0, 0.05) is 16.7 Å². The predicted octanol–water partition coefficient (Wildman–Crippen LogP) is 5.13. The topological polar surface area (TPSA) is 77.0 Å². The molecule has 1 heterocycles. The Labute approximate surface area is 214 Å². The minimum atomic E-state index is -3.78. The quantitative estimate of drug-likeness (QED) is 0.453. The molecule has 5 aliphatic rings. The molecule has 1 aromatic rings. The average Bonchev–Trinajstić information content (AvgIpc) is 3.44. The second-order valence-corrected chi connectivity index (χ2v) is 13.4. The van der Waals surface area contributed by atoms with Crippen molar-refractivity contribution < 1.29 is 17.9 Å². The molecule has 1 spiro atoms. The second-order valence-electron chi connectivity index (χ2n) is 11.8. The number of sulfonamides is 1. The van der Waals surface area contributed by atoms with Gasteiger partial charge in [0.2, 0.25) is 0 Å². The van der Waals surface area contributed by atoms with Crippen molar-refractivity contribution in [3.8, 4) is 0 Å². The van der Waals surface area contributed by atoms with E-state index >= 15 is 0 Å². The van der Waals surface area contributed by atoms with Crippen LogP contribution in [0.1, 0.15) is 45.6 Å². The largest absolute Gasteiger partial charge is 0.343 e. The van der Waals surface area contributed by atoms with Crippen LogP contribution in [0.5, 0.6) is 0 Å². The van der Waals surface area contributed by atoms with Gasteiger partial charge in [-0.1, -0.05) is 62.3 Å². The summed E-state index contributed by atoms with van der Waals surface area (Å²) in [6.45, 7) is 9.99. The number of aryl methyl sites for hydroxylation is 1. The van der Waals surface area contributed by atoms with Crippen LogP contribution < -0.4 is 4.83 Å². The number of hydrazone groups is 1. The molecule has 36 heavy (non-hydrogen) atoms. The molecule has 4 unspecified atom stereocenters. The third-order valence-corrected chi connectivity index (χ3v) is 10.9. The summed E-state index contributed by atoms with van der Waals surface area (Å²) in [6.07, 6.45) is 14.3. The number of hydrogen-bond acceptors (Lipinski definition) is 5. The van der Waals surface area contributed by atoms with E-state index in [1.165, 1.54) is 5.57 Å². The van der Waals surface area contributed by atoms with E-state index < -0.39 is 15.8 Å². The molecule has 6 rings (SSSR count). The Hall–Kier alpha value is -2.22. The predicted molar refractivity (Wildman–Crippen MR) is 140 cm³/mol. The van der Waals surface area contributed by atoms with Gasteiger partial charge >= 0.3 is 0 Å². The Balaban J connectivity index is 1.43. The molecule has 1 saturated carbocycles. The number of rotatable bonds is 3. The molecular weight excluding hydrogens is 472 g/mol. The van der Waals surface area contributed by atoms with Crippen molar-refractivity contribution in [2.24, 2.45) is 39.6 Å². The van der Waals surface area contributed by atoms with Crippen LogP contribution in [0.4, 0.5) is 0 Å². The molecule has 4 aliphatic carbocycles. The van der Waals surface area contributed by atoms with Crippen molar-refractivity contribution in [3.63, 3.8) is 0 Å². The molecule has 0 radical (unpaired) electrons. The Morgan fingerprint density at radius 2 is 1.78 bits per heavy atom. The summed E-state index contributed by atoms with van der Waals surface area (Å²) in [5.74, 6) is 0.272. The smallest absolute Gasteiger partial charge is 0.276 e. The van der Waals surface area contributed by atoms with E-state index in [0.717, 1.165) is 30.5 Å². The van der Waals surface area contributed by atoms with Crippen molar-refractivity contribution in [2.45, 2.75) is 57.6 Å². The van der Waals surface area contributed by atoms with Gasteiger partial charge in [-0.2, -0.15) is 18.4 Å². The average molecular weight is 509 g/mol. The van der Waals surface area contributed by atoms with Crippen molar-refractivity contribution in [1.29, 1.82) is 0 Å². The van der Waals surface area contributed by atoms with E-state index in [0.29, 0.717) is 25.0 Å². The summed E-state index contributed by atoms with van der Waals surface area (Å²) < 4.78 is 38.7. The SMILES string of the molecule is Cc1ccc(S(=O)(=O)NN=C2C=C3CC(C)C=C[C@]3(C)C3CC[C@@]4(C)C(C=CC45OCCO5)C23)cc1. The fourth-order valence-electron chi connectivity index (χ4n) is 7.47. The highest BCUT2D eigenvalue weighted by atomic mass is 32.2. The van der Waals surface area contributed by atoms with Crippen LogP contribution in [0.2, 0.25) is 0 Å². The molecule has 2 fully saturated rings. The zero-order valence-electron chi connectivity index (χ0n) is 21.5. The van der Waals surface area contributed by atoms with Gasteiger partial charge in [-0.25, -0.2) is 0 Å². The van der Waals surface area contributed by atoms with Gasteiger partial charge < -0.3 is 9.47 Å². The molecule has 1 aliphatic heterocycles. The molecule has 7 heteroatoms. The normalized spacial score (nSPS) is 39.6. The first-order chi connectivity index (χ1) is 17.1. The van der Waals surface area contributed by atoms with Crippen molar-refractivity contribution in [2.75, 3.05) is 13.2 Å². The molecule has 0 amide bonds. The van der Waals surface area contributed by atoms with Crippen LogP contribution in [-0.2, 0) is 19.5 Å². The fourth-order valence-corrected chi connectivity index (χ4v) is 8.30. The minimum absolute atomic E-state index is 0.0553. The molecule has 1 saturated heterocycles. The summed E-state index contributed by atoms with van der Waals surface area (Å²) in [6, 6.07) is 6.86. The zero-order chi connectivity index (χ0) is 25.3. The maximum Gasteiger partial charge on any atom is 0.276 e. The van der Waals surface area contributed by atoms with Crippen LogP contribution in [0, 0.1) is 41.4 Å². The molecule has 6 nitrogen and oxygen atoms in total. The van der Waals surface area contributed by atoms with Gasteiger partial charge in [-0.3, -0.25) is 0 Å². The lowest BCUT2D eigenvalue weighted by atomic mass is 9.48. The highest BCUT2D eigenvalue weighted by molar-refractivity contribution is 7.89. The Kier molecular flexibility index (Phi) is 5.46. The van der Waals surface area contributed by atoms with Crippen LogP contribution in [0.25, 0.3) is 0 Å². The standard InChI is InChI=1S/C29H36N2O4S/c1-19-5-7-22(8-6-19)36(32,33)31-30-25-18-21-17-20(2)9-12-27(21,3)23-10-13-28(4)24(26(23)25)11-14-29(28)34-15-16-35-29/h5-9,11-12,14,18,20,23-24,26,31H,10,13,15-17H2,1-4H3/t20?,23?,24?,26?,27-,28-/m0/s1. The first-order valence-electron chi connectivity index (χ1n) is 13.1. The zero-order valence-corrected chi connectivity index (χ0v) is 22.3. The third-order valence-electron chi connectivity index (χ3n) is 9.63. The maximum atomic E-state index is 13.1. The van der Waals surface area contributed by atoms with Crippen molar-refractivity contribution in [3.05, 3.63) is 65.8 Å².